The highest BCUT2D eigenvalue weighted by molar-refractivity contribution is 9.10. The highest BCUT2D eigenvalue weighted by atomic mass is 79.9. The van der Waals surface area contributed by atoms with Gasteiger partial charge in [-0.1, -0.05) is 0 Å². The number of methoxy groups -OCH3 is 2. The first-order valence-corrected chi connectivity index (χ1v) is 6.49. The van der Waals surface area contributed by atoms with Crippen LogP contribution < -0.4 is 15.2 Å². The molecular weight excluding hydrogens is 310 g/mol. The molecule has 0 atom stereocenters. The van der Waals surface area contributed by atoms with Crippen LogP contribution in [0.5, 0.6) is 11.5 Å². The molecule has 0 aliphatic carbocycles. The van der Waals surface area contributed by atoms with E-state index in [0.29, 0.717) is 5.82 Å². The summed E-state index contributed by atoms with van der Waals surface area (Å²) in [4.78, 5) is 0. The van der Waals surface area contributed by atoms with E-state index in [1.54, 1.807) is 32.1 Å². The molecule has 6 heteroatoms. The molecule has 5 nitrogen and oxygen atoms in total. The predicted molar refractivity (Wildman–Crippen MR) is 78.6 cm³/mol. The Kier molecular flexibility index (Phi) is 3.71. The van der Waals surface area contributed by atoms with Crippen LogP contribution in [0, 0.1) is 6.92 Å². The van der Waals surface area contributed by atoms with Crippen molar-refractivity contribution in [2.45, 2.75) is 6.92 Å². The Hall–Kier alpha value is -1.69. The fourth-order valence-corrected chi connectivity index (χ4v) is 2.80. The number of halogens is 1. The minimum atomic E-state index is 0.592. The summed E-state index contributed by atoms with van der Waals surface area (Å²) in [6.07, 6.45) is 1.73. The summed E-state index contributed by atoms with van der Waals surface area (Å²) in [5, 5.41) is 4.16. The summed E-state index contributed by atoms with van der Waals surface area (Å²) in [6.45, 7) is 1.94. The van der Waals surface area contributed by atoms with Crippen molar-refractivity contribution in [1.82, 2.24) is 9.78 Å². The van der Waals surface area contributed by atoms with Crippen LogP contribution in [0.2, 0.25) is 0 Å². The van der Waals surface area contributed by atoms with Crippen molar-refractivity contribution in [3.05, 3.63) is 22.3 Å². The van der Waals surface area contributed by atoms with E-state index >= 15 is 0 Å². The van der Waals surface area contributed by atoms with Gasteiger partial charge in [0, 0.05) is 23.7 Å². The van der Waals surface area contributed by atoms with Crippen molar-refractivity contribution in [1.29, 1.82) is 0 Å². The van der Waals surface area contributed by atoms with E-state index in [-0.39, 0.29) is 0 Å². The molecule has 0 aliphatic heterocycles. The van der Waals surface area contributed by atoms with Gasteiger partial charge in [-0.05, 0) is 28.9 Å². The van der Waals surface area contributed by atoms with E-state index in [9.17, 15) is 0 Å². The summed E-state index contributed by atoms with van der Waals surface area (Å²) in [5.74, 6) is 2.08. The van der Waals surface area contributed by atoms with Crippen LogP contribution in [-0.4, -0.2) is 24.0 Å². The quantitative estimate of drug-likeness (QED) is 0.942. The summed E-state index contributed by atoms with van der Waals surface area (Å²) < 4.78 is 13.3. The lowest BCUT2D eigenvalue weighted by molar-refractivity contribution is 0.388. The van der Waals surface area contributed by atoms with Crippen LogP contribution in [0.3, 0.4) is 0 Å². The van der Waals surface area contributed by atoms with Gasteiger partial charge in [-0.2, -0.15) is 5.10 Å². The van der Waals surface area contributed by atoms with Gasteiger partial charge in [0.25, 0.3) is 0 Å². The largest absolute Gasteiger partial charge is 0.496 e. The molecule has 2 rings (SSSR count). The lowest BCUT2D eigenvalue weighted by Gasteiger charge is -2.16. The maximum Gasteiger partial charge on any atom is 0.139 e. The van der Waals surface area contributed by atoms with Crippen molar-refractivity contribution in [3.8, 4) is 22.6 Å². The molecule has 0 saturated heterocycles. The Morgan fingerprint density at radius 2 is 1.84 bits per heavy atom. The van der Waals surface area contributed by atoms with Gasteiger partial charge in [0.15, 0.2) is 0 Å². The van der Waals surface area contributed by atoms with E-state index in [2.05, 4.69) is 21.0 Å². The maximum atomic E-state index is 6.03. The summed E-state index contributed by atoms with van der Waals surface area (Å²) in [5.41, 5.74) is 8.67. The fourth-order valence-electron chi connectivity index (χ4n) is 2.11. The number of hydrogen-bond donors (Lipinski definition) is 1. The first kappa shape index (κ1) is 13.7. The number of anilines is 1. The molecule has 0 amide bonds. The lowest BCUT2D eigenvalue weighted by Crippen LogP contribution is -2.00. The second kappa shape index (κ2) is 5.13. The second-order valence-corrected chi connectivity index (χ2v) is 5.02. The zero-order chi connectivity index (χ0) is 14.2. The van der Waals surface area contributed by atoms with E-state index in [4.69, 9.17) is 15.2 Å². The SMILES string of the molecule is COc1c(Br)cc(-c2cnn(C)c2N)c(OC)c1C. The van der Waals surface area contributed by atoms with E-state index in [0.717, 1.165) is 32.7 Å². The minimum absolute atomic E-state index is 0.592. The first-order valence-electron chi connectivity index (χ1n) is 5.70. The smallest absolute Gasteiger partial charge is 0.139 e. The van der Waals surface area contributed by atoms with Crippen molar-refractivity contribution in [2.75, 3.05) is 20.0 Å². The molecule has 0 radical (unpaired) electrons. The fraction of sp³-hybridized carbons (Fsp3) is 0.308. The number of hydrogen-bond acceptors (Lipinski definition) is 4. The van der Waals surface area contributed by atoms with Crippen LogP contribution in [0.15, 0.2) is 16.7 Å². The molecule has 1 aromatic carbocycles. The molecule has 0 bridgehead atoms. The molecule has 0 spiro atoms. The Bertz CT molecular complexity index is 623. The third kappa shape index (κ3) is 2.16. The summed E-state index contributed by atoms with van der Waals surface area (Å²) in [6, 6.07) is 1.93. The average Bonchev–Trinajstić information content (AvgIpc) is 2.70. The van der Waals surface area contributed by atoms with Gasteiger partial charge in [-0.3, -0.25) is 4.68 Å². The van der Waals surface area contributed by atoms with Gasteiger partial charge in [-0.25, -0.2) is 0 Å². The van der Waals surface area contributed by atoms with Crippen LogP contribution in [0.4, 0.5) is 5.82 Å². The Labute approximate surface area is 120 Å². The standard InChI is InChI=1S/C13H16BrN3O2/c1-7-11(18-3)8(5-10(14)12(7)19-4)9-6-16-17(2)13(9)15/h5-6H,15H2,1-4H3. The van der Waals surface area contributed by atoms with Gasteiger partial charge in [0.05, 0.1) is 24.9 Å². The van der Waals surface area contributed by atoms with Crippen LogP contribution in [-0.2, 0) is 7.05 Å². The zero-order valence-corrected chi connectivity index (χ0v) is 12.9. The molecular formula is C13H16BrN3O2. The number of nitrogens with two attached hydrogens (primary N) is 1. The number of nitrogens with zero attached hydrogens (tertiary/aromatic N) is 2. The number of benzene rings is 1. The normalized spacial score (nSPS) is 10.6. The molecule has 2 aromatic rings. The number of aromatic nitrogens is 2. The zero-order valence-electron chi connectivity index (χ0n) is 11.3. The number of aryl methyl sites for hydroxylation is 1. The molecule has 0 unspecified atom stereocenters. The highest BCUT2D eigenvalue weighted by Crippen LogP contribution is 2.43. The Morgan fingerprint density at radius 1 is 1.21 bits per heavy atom. The highest BCUT2D eigenvalue weighted by Gasteiger charge is 2.19. The second-order valence-electron chi connectivity index (χ2n) is 4.16. The van der Waals surface area contributed by atoms with Gasteiger partial charge in [-0.15, -0.1) is 0 Å². The third-order valence-electron chi connectivity index (χ3n) is 3.10. The van der Waals surface area contributed by atoms with E-state index in [1.807, 2.05) is 13.0 Å². The first-order chi connectivity index (χ1) is 9.01. The van der Waals surface area contributed by atoms with Gasteiger partial charge >= 0.3 is 0 Å². The topological polar surface area (TPSA) is 62.3 Å². The van der Waals surface area contributed by atoms with E-state index in [1.165, 1.54) is 0 Å². The summed E-state index contributed by atoms with van der Waals surface area (Å²) in [7, 11) is 5.06. The molecule has 1 aromatic heterocycles. The van der Waals surface area contributed by atoms with Gasteiger partial charge in [0.1, 0.15) is 17.3 Å². The molecule has 0 aliphatic rings. The molecule has 0 saturated carbocycles. The number of rotatable bonds is 3. The predicted octanol–water partition coefficient (Wildman–Crippen LogP) is 2.76. The van der Waals surface area contributed by atoms with Crippen molar-refractivity contribution in [3.63, 3.8) is 0 Å². The van der Waals surface area contributed by atoms with E-state index < -0.39 is 0 Å². The third-order valence-corrected chi connectivity index (χ3v) is 3.69. The monoisotopic (exact) mass is 325 g/mol. The molecule has 0 fully saturated rings. The summed E-state index contributed by atoms with van der Waals surface area (Å²) >= 11 is 3.50. The van der Waals surface area contributed by atoms with Crippen LogP contribution in [0.1, 0.15) is 5.56 Å². The van der Waals surface area contributed by atoms with Gasteiger partial charge in [0.2, 0.25) is 0 Å². The number of ether oxygens (including phenoxy) is 2. The number of nitrogen functional groups attached to an aromatic ring is 1. The molecule has 19 heavy (non-hydrogen) atoms. The van der Waals surface area contributed by atoms with Crippen molar-refractivity contribution < 1.29 is 9.47 Å². The maximum absolute atomic E-state index is 6.03. The van der Waals surface area contributed by atoms with Crippen molar-refractivity contribution in [2.24, 2.45) is 7.05 Å². The minimum Gasteiger partial charge on any atom is -0.496 e. The molecule has 1 heterocycles. The Balaban J connectivity index is 2.74. The lowest BCUT2D eigenvalue weighted by atomic mass is 10.0. The Morgan fingerprint density at radius 3 is 2.32 bits per heavy atom. The van der Waals surface area contributed by atoms with Crippen molar-refractivity contribution >= 4 is 21.7 Å². The average molecular weight is 326 g/mol. The molecule has 2 N–H and O–H groups in total. The van der Waals surface area contributed by atoms with Gasteiger partial charge < -0.3 is 15.2 Å². The van der Waals surface area contributed by atoms with Crippen LogP contribution >= 0.6 is 15.9 Å². The molecule has 102 valence electrons. The van der Waals surface area contributed by atoms with Crippen LogP contribution in [0.25, 0.3) is 11.1 Å².